The Labute approximate surface area is 111 Å². The van der Waals surface area contributed by atoms with Gasteiger partial charge in [-0.25, -0.2) is 0 Å². The highest BCUT2D eigenvalue weighted by Gasteiger charge is 2.23. The molecule has 3 nitrogen and oxygen atoms in total. The van der Waals surface area contributed by atoms with E-state index in [2.05, 4.69) is 19.2 Å². The topological polar surface area (TPSA) is 49.3 Å². The average Bonchev–Trinajstić information content (AvgIpc) is 2.30. The first kappa shape index (κ1) is 15.2. The molecule has 1 saturated carbocycles. The molecule has 0 radical (unpaired) electrons. The Bertz CT molecular complexity index is 308. The lowest BCUT2D eigenvalue weighted by Crippen LogP contribution is -2.37. The SMILES string of the molecule is CC(CO)C(C)NC(=O)C=C1CCC(C)(C)CC1. The third kappa shape index (κ3) is 4.81. The largest absolute Gasteiger partial charge is 0.396 e. The zero-order valence-electron chi connectivity index (χ0n) is 12.1. The molecule has 2 atom stereocenters. The minimum absolute atomic E-state index is 0.0133. The van der Waals surface area contributed by atoms with E-state index in [-0.39, 0.29) is 24.5 Å². The summed E-state index contributed by atoms with van der Waals surface area (Å²) >= 11 is 0. The molecule has 1 aliphatic rings. The van der Waals surface area contributed by atoms with E-state index >= 15 is 0 Å². The molecular weight excluding hydrogens is 226 g/mol. The molecule has 104 valence electrons. The Balaban J connectivity index is 2.45. The highest BCUT2D eigenvalue weighted by Crippen LogP contribution is 2.37. The summed E-state index contributed by atoms with van der Waals surface area (Å²) in [4.78, 5) is 11.8. The van der Waals surface area contributed by atoms with Gasteiger partial charge < -0.3 is 10.4 Å². The molecule has 0 saturated heterocycles. The standard InChI is InChI=1S/C15H27NO2/c1-11(10-17)12(2)16-14(18)9-13-5-7-15(3,4)8-6-13/h9,11-12,17H,5-8,10H2,1-4H3,(H,16,18). The van der Waals surface area contributed by atoms with Crippen LogP contribution < -0.4 is 5.32 Å². The van der Waals surface area contributed by atoms with Crippen molar-refractivity contribution in [2.75, 3.05) is 6.61 Å². The maximum atomic E-state index is 11.8. The fourth-order valence-electron chi connectivity index (χ4n) is 2.14. The van der Waals surface area contributed by atoms with Crippen LogP contribution in [0.2, 0.25) is 0 Å². The van der Waals surface area contributed by atoms with Gasteiger partial charge in [0.1, 0.15) is 0 Å². The summed E-state index contributed by atoms with van der Waals surface area (Å²) in [5, 5.41) is 12.0. The van der Waals surface area contributed by atoms with Crippen LogP contribution in [0.5, 0.6) is 0 Å². The molecular formula is C15H27NO2. The van der Waals surface area contributed by atoms with E-state index < -0.39 is 0 Å². The number of amides is 1. The van der Waals surface area contributed by atoms with E-state index in [1.165, 1.54) is 5.57 Å². The van der Waals surface area contributed by atoms with Crippen LogP contribution in [0.25, 0.3) is 0 Å². The van der Waals surface area contributed by atoms with Gasteiger partial charge in [0.25, 0.3) is 0 Å². The van der Waals surface area contributed by atoms with Gasteiger partial charge in [0.2, 0.25) is 5.91 Å². The molecule has 1 fully saturated rings. The number of aliphatic hydroxyl groups is 1. The second-order valence-corrected chi connectivity index (χ2v) is 6.42. The molecule has 0 aromatic rings. The van der Waals surface area contributed by atoms with Gasteiger partial charge in [-0.3, -0.25) is 4.79 Å². The summed E-state index contributed by atoms with van der Waals surface area (Å²) in [6.45, 7) is 8.54. The van der Waals surface area contributed by atoms with Gasteiger partial charge in [0.15, 0.2) is 0 Å². The van der Waals surface area contributed by atoms with Gasteiger partial charge in [0.05, 0.1) is 0 Å². The summed E-state index contributed by atoms with van der Waals surface area (Å²) in [6, 6.07) is 0.0133. The first-order valence-corrected chi connectivity index (χ1v) is 6.95. The minimum Gasteiger partial charge on any atom is -0.396 e. The Morgan fingerprint density at radius 1 is 1.39 bits per heavy atom. The number of carbonyl (C=O) groups excluding carboxylic acids is 1. The Morgan fingerprint density at radius 3 is 2.44 bits per heavy atom. The smallest absolute Gasteiger partial charge is 0.244 e. The average molecular weight is 253 g/mol. The third-order valence-corrected chi connectivity index (χ3v) is 4.09. The third-order valence-electron chi connectivity index (χ3n) is 4.09. The van der Waals surface area contributed by atoms with Crippen LogP contribution in [0, 0.1) is 11.3 Å². The number of aliphatic hydroxyl groups excluding tert-OH is 1. The fraction of sp³-hybridized carbons (Fsp3) is 0.800. The lowest BCUT2D eigenvalue weighted by atomic mass is 9.75. The molecule has 0 bridgehead atoms. The van der Waals surface area contributed by atoms with Crippen LogP contribution in [0.4, 0.5) is 0 Å². The van der Waals surface area contributed by atoms with E-state index in [1.807, 2.05) is 13.8 Å². The lowest BCUT2D eigenvalue weighted by molar-refractivity contribution is -0.117. The normalized spacial score (nSPS) is 22.2. The van der Waals surface area contributed by atoms with E-state index in [0.717, 1.165) is 25.7 Å². The van der Waals surface area contributed by atoms with Crippen LogP contribution in [0.1, 0.15) is 53.4 Å². The maximum Gasteiger partial charge on any atom is 0.244 e. The number of hydrogen-bond acceptors (Lipinski definition) is 2. The molecule has 0 aliphatic heterocycles. The molecule has 0 aromatic heterocycles. The van der Waals surface area contributed by atoms with Crippen molar-refractivity contribution in [3.05, 3.63) is 11.6 Å². The van der Waals surface area contributed by atoms with Gasteiger partial charge in [-0.05, 0) is 43.9 Å². The fourth-order valence-corrected chi connectivity index (χ4v) is 2.14. The van der Waals surface area contributed by atoms with Crippen molar-refractivity contribution in [2.24, 2.45) is 11.3 Å². The Morgan fingerprint density at radius 2 is 1.94 bits per heavy atom. The molecule has 1 aliphatic carbocycles. The monoisotopic (exact) mass is 253 g/mol. The van der Waals surface area contributed by atoms with Crippen LogP contribution in [-0.4, -0.2) is 23.7 Å². The summed E-state index contributed by atoms with van der Waals surface area (Å²) in [6.07, 6.45) is 6.15. The molecule has 18 heavy (non-hydrogen) atoms. The number of allylic oxidation sites excluding steroid dienone is 1. The second kappa shape index (κ2) is 6.37. The predicted octanol–water partition coefficient (Wildman–Crippen LogP) is 2.65. The van der Waals surface area contributed by atoms with Crippen LogP contribution in [-0.2, 0) is 4.79 Å². The highest BCUT2D eigenvalue weighted by molar-refractivity contribution is 5.88. The summed E-state index contributed by atoms with van der Waals surface area (Å²) in [7, 11) is 0. The lowest BCUT2D eigenvalue weighted by Gasteiger charge is -2.30. The van der Waals surface area contributed by atoms with E-state index in [4.69, 9.17) is 5.11 Å². The van der Waals surface area contributed by atoms with Gasteiger partial charge in [-0.15, -0.1) is 0 Å². The van der Waals surface area contributed by atoms with E-state index in [0.29, 0.717) is 5.41 Å². The first-order valence-electron chi connectivity index (χ1n) is 6.95. The van der Waals surface area contributed by atoms with Crippen molar-refractivity contribution in [3.8, 4) is 0 Å². The number of hydrogen-bond donors (Lipinski definition) is 2. The van der Waals surface area contributed by atoms with Crippen molar-refractivity contribution >= 4 is 5.91 Å². The zero-order chi connectivity index (χ0) is 13.8. The molecule has 2 N–H and O–H groups in total. The van der Waals surface area contributed by atoms with Crippen molar-refractivity contribution in [2.45, 2.75) is 59.4 Å². The maximum absolute atomic E-state index is 11.8. The van der Waals surface area contributed by atoms with E-state index in [1.54, 1.807) is 6.08 Å². The molecule has 1 rings (SSSR count). The van der Waals surface area contributed by atoms with E-state index in [9.17, 15) is 4.79 Å². The Hall–Kier alpha value is -0.830. The predicted molar refractivity (Wildman–Crippen MR) is 74.2 cm³/mol. The molecule has 0 heterocycles. The van der Waals surface area contributed by atoms with Gasteiger partial charge in [0, 0.05) is 18.7 Å². The van der Waals surface area contributed by atoms with Crippen molar-refractivity contribution in [1.82, 2.24) is 5.32 Å². The van der Waals surface area contributed by atoms with Crippen LogP contribution >= 0.6 is 0 Å². The summed E-state index contributed by atoms with van der Waals surface area (Å²) < 4.78 is 0. The van der Waals surface area contributed by atoms with Gasteiger partial charge in [-0.2, -0.15) is 0 Å². The van der Waals surface area contributed by atoms with Crippen molar-refractivity contribution < 1.29 is 9.90 Å². The quantitative estimate of drug-likeness (QED) is 0.757. The highest BCUT2D eigenvalue weighted by atomic mass is 16.3. The van der Waals surface area contributed by atoms with Crippen LogP contribution in [0.15, 0.2) is 11.6 Å². The Kier molecular flexibility index (Phi) is 5.39. The molecule has 0 aromatic carbocycles. The summed E-state index contributed by atoms with van der Waals surface area (Å²) in [5.41, 5.74) is 1.68. The zero-order valence-corrected chi connectivity index (χ0v) is 12.1. The number of nitrogens with one attached hydrogen (secondary N) is 1. The minimum atomic E-state index is -0.0162. The summed E-state index contributed by atoms with van der Waals surface area (Å²) in [5.74, 6) is 0.0788. The molecule has 3 heteroatoms. The first-order chi connectivity index (χ1) is 8.34. The number of carbonyl (C=O) groups is 1. The molecule has 0 spiro atoms. The molecule has 1 amide bonds. The van der Waals surface area contributed by atoms with Gasteiger partial charge in [-0.1, -0.05) is 26.3 Å². The van der Waals surface area contributed by atoms with Gasteiger partial charge >= 0.3 is 0 Å². The van der Waals surface area contributed by atoms with Crippen molar-refractivity contribution in [3.63, 3.8) is 0 Å². The van der Waals surface area contributed by atoms with Crippen molar-refractivity contribution in [1.29, 1.82) is 0 Å². The number of rotatable bonds is 4. The van der Waals surface area contributed by atoms with Crippen LogP contribution in [0.3, 0.4) is 0 Å². The second-order valence-electron chi connectivity index (χ2n) is 6.42. The molecule has 2 unspecified atom stereocenters.